The monoisotopic (exact) mass is 236 g/mol. The quantitative estimate of drug-likeness (QED) is 0.622. The largest absolute Gasteiger partial charge is 0.382 e. The van der Waals surface area contributed by atoms with Crippen molar-refractivity contribution < 1.29 is 0 Å². The van der Waals surface area contributed by atoms with Gasteiger partial charge in [0.2, 0.25) is 0 Å². The molecule has 2 aromatic heterocycles. The summed E-state index contributed by atoms with van der Waals surface area (Å²) in [5.74, 6) is 0. The Labute approximate surface area is 95.7 Å². The zero-order valence-electron chi connectivity index (χ0n) is 9.44. The van der Waals surface area contributed by atoms with Crippen LogP contribution in [0.5, 0.6) is 0 Å². The van der Waals surface area contributed by atoms with Crippen molar-refractivity contribution >= 4 is 5.69 Å². The second-order valence-electron chi connectivity index (χ2n) is 3.57. The van der Waals surface area contributed by atoms with Crippen LogP contribution >= 0.6 is 0 Å². The molecule has 0 aromatic carbocycles. The van der Waals surface area contributed by atoms with Gasteiger partial charge in [-0.1, -0.05) is 5.21 Å². The summed E-state index contributed by atoms with van der Waals surface area (Å²) >= 11 is 0. The molecule has 8 heteroatoms. The number of nitrogens with one attached hydrogen (secondary N) is 3. The first-order valence-electron chi connectivity index (χ1n) is 4.98. The fourth-order valence-electron chi connectivity index (χ4n) is 1.59. The molecule has 8 nitrogen and oxygen atoms in total. The Balaban J connectivity index is 2.44. The van der Waals surface area contributed by atoms with Gasteiger partial charge in [-0.2, -0.15) is 0 Å². The lowest BCUT2D eigenvalue weighted by atomic mass is 10.2. The van der Waals surface area contributed by atoms with E-state index in [0.717, 1.165) is 0 Å². The molecule has 17 heavy (non-hydrogen) atoms. The molecule has 0 saturated heterocycles. The standard InChI is InChI=1S/C9H12N6O2/c1-10-7-6(11-9(17)12-8(7)16)3-5-4-15(2)14-13-5/h4,10H,3H2,1-2H3,(H2,11,12,16,17). The summed E-state index contributed by atoms with van der Waals surface area (Å²) in [6.45, 7) is 0. The van der Waals surface area contributed by atoms with Crippen LogP contribution in [0.15, 0.2) is 15.8 Å². The minimum Gasteiger partial charge on any atom is -0.382 e. The summed E-state index contributed by atoms with van der Waals surface area (Å²) in [5, 5.41) is 10.4. The maximum absolute atomic E-state index is 11.5. The van der Waals surface area contributed by atoms with Gasteiger partial charge in [0.05, 0.1) is 11.4 Å². The lowest BCUT2D eigenvalue weighted by molar-refractivity contribution is 0.713. The van der Waals surface area contributed by atoms with Gasteiger partial charge in [0.25, 0.3) is 5.56 Å². The summed E-state index contributed by atoms with van der Waals surface area (Å²) in [4.78, 5) is 27.4. The van der Waals surface area contributed by atoms with Gasteiger partial charge in [-0.3, -0.25) is 14.5 Å². The van der Waals surface area contributed by atoms with Gasteiger partial charge in [0.15, 0.2) is 0 Å². The molecule has 90 valence electrons. The molecule has 0 spiro atoms. The van der Waals surface area contributed by atoms with Gasteiger partial charge < -0.3 is 10.3 Å². The number of aromatic nitrogens is 5. The van der Waals surface area contributed by atoms with Gasteiger partial charge in [-0.15, -0.1) is 5.10 Å². The van der Waals surface area contributed by atoms with Crippen LogP contribution in [0.1, 0.15) is 11.4 Å². The topological polar surface area (TPSA) is 108 Å². The van der Waals surface area contributed by atoms with Crippen molar-refractivity contribution in [3.63, 3.8) is 0 Å². The number of nitrogens with zero attached hydrogens (tertiary/aromatic N) is 3. The van der Waals surface area contributed by atoms with E-state index in [1.165, 1.54) is 0 Å². The third kappa shape index (κ3) is 2.25. The van der Waals surface area contributed by atoms with Crippen LogP contribution in [0, 0.1) is 0 Å². The molecule has 0 fully saturated rings. The van der Waals surface area contributed by atoms with Crippen LogP contribution in [0.4, 0.5) is 5.69 Å². The molecule has 0 aliphatic heterocycles. The molecule has 2 heterocycles. The highest BCUT2D eigenvalue weighted by atomic mass is 16.2. The van der Waals surface area contributed by atoms with Gasteiger partial charge in [-0.25, -0.2) is 4.79 Å². The van der Waals surface area contributed by atoms with Crippen molar-refractivity contribution in [1.82, 2.24) is 25.0 Å². The Hall–Kier alpha value is -2.38. The van der Waals surface area contributed by atoms with Crippen LogP contribution in [0.25, 0.3) is 0 Å². The molecular weight excluding hydrogens is 224 g/mol. The van der Waals surface area contributed by atoms with Crippen LogP contribution in [-0.4, -0.2) is 32.0 Å². The molecule has 0 aliphatic carbocycles. The van der Waals surface area contributed by atoms with Crippen LogP contribution in [-0.2, 0) is 13.5 Å². The van der Waals surface area contributed by atoms with E-state index in [1.807, 2.05) is 0 Å². The number of anilines is 1. The molecule has 0 saturated carbocycles. The molecule has 0 unspecified atom stereocenters. The molecule has 0 amide bonds. The lowest BCUT2D eigenvalue weighted by Gasteiger charge is -2.05. The lowest BCUT2D eigenvalue weighted by Crippen LogP contribution is -2.27. The van der Waals surface area contributed by atoms with Crippen LogP contribution in [0.3, 0.4) is 0 Å². The molecule has 0 aliphatic rings. The highest BCUT2D eigenvalue weighted by Crippen LogP contribution is 2.08. The number of rotatable bonds is 3. The third-order valence-electron chi connectivity index (χ3n) is 2.28. The van der Waals surface area contributed by atoms with E-state index in [-0.39, 0.29) is 0 Å². The van der Waals surface area contributed by atoms with E-state index in [4.69, 9.17) is 0 Å². The van der Waals surface area contributed by atoms with Crippen LogP contribution < -0.4 is 16.6 Å². The molecule has 0 bridgehead atoms. The number of H-pyrrole nitrogens is 2. The Kier molecular flexibility index (Phi) is 2.77. The summed E-state index contributed by atoms with van der Waals surface area (Å²) in [7, 11) is 3.36. The molecule has 2 aromatic rings. The van der Waals surface area contributed by atoms with Crippen molar-refractivity contribution in [2.45, 2.75) is 6.42 Å². The van der Waals surface area contributed by atoms with Crippen molar-refractivity contribution in [2.75, 3.05) is 12.4 Å². The van der Waals surface area contributed by atoms with E-state index >= 15 is 0 Å². The van der Waals surface area contributed by atoms with Gasteiger partial charge in [0, 0.05) is 26.7 Å². The number of aromatic amines is 2. The van der Waals surface area contributed by atoms with Crippen LogP contribution in [0.2, 0.25) is 0 Å². The first kappa shape index (κ1) is 11.1. The summed E-state index contributed by atoms with van der Waals surface area (Å²) in [5.41, 5.74) is 0.505. The van der Waals surface area contributed by atoms with E-state index in [2.05, 4.69) is 25.6 Å². The molecule has 3 N–H and O–H groups in total. The van der Waals surface area contributed by atoms with E-state index in [0.29, 0.717) is 23.5 Å². The Morgan fingerprint density at radius 2 is 2.18 bits per heavy atom. The maximum Gasteiger partial charge on any atom is 0.326 e. The zero-order chi connectivity index (χ0) is 12.4. The minimum atomic E-state index is -0.534. The fraction of sp³-hybridized carbons (Fsp3) is 0.333. The Morgan fingerprint density at radius 1 is 1.41 bits per heavy atom. The van der Waals surface area contributed by atoms with E-state index < -0.39 is 11.2 Å². The maximum atomic E-state index is 11.5. The molecule has 0 radical (unpaired) electrons. The minimum absolute atomic E-state index is 0.329. The first-order chi connectivity index (χ1) is 8.10. The number of hydrogen-bond donors (Lipinski definition) is 3. The Bertz CT molecular complexity index is 637. The average Bonchev–Trinajstić information content (AvgIpc) is 2.63. The second-order valence-corrected chi connectivity index (χ2v) is 3.57. The van der Waals surface area contributed by atoms with Crippen molar-refractivity contribution in [3.8, 4) is 0 Å². The molecule has 2 rings (SSSR count). The van der Waals surface area contributed by atoms with E-state index in [1.54, 1.807) is 25.0 Å². The van der Waals surface area contributed by atoms with Gasteiger partial charge in [-0.05, 0) is 0 Å². The predicted octanol–water partition coefficient (Wildman–Crippen LogP) is -1.18. The summed E-state index contributed by atoms with van der Waals surface area (Å²) < 4.78 is 1.56. The summed E-state index contributed by atoms with van der Waals surface area (Å²) in [6, 6.07) is 0. The molecule has 0 atom stereocenters. The SMILES string of the molecule is CNc1c(Cc2cn(C)nn2)[nH]c(=O)[nH]c1=O. The number of aryl methyl sites for hydroxylation is 1. The van der Waals surface area contributed by atoms with Crippen molar-refractivity contribution in [3.05, 3.63) is 38.4 Å². The highest BCUT2D eigenvalue weighted by molar-refractivity contribution is 5.45. The number of hydrogen-bond acceptors (Lipinski definition) is 5. The van der Waals surface area contributed by atoms with Gasteiger partial charge in [0.1, 0.15) is 5.69 Å². The highest BCUT2D eigenvalue weighted by Gasteiger charge is 2.10. The Morgan fingerprint density at radius 3 is 2.76 bits per heavy atom. The predicted molar refractivity (Wildman–Crippen MR) is 61.0 cm³/mol. The smallest absolute Gasteiger partial charge is 0.326 e. The fourth-order valence-corrected chi connectivity index (χ4v) is 1.59. The van der Waals surface area contributed by atoms with E-state index in [9.17, 15) is 9.59 Å². The average molecular weight is 236 g/mol. The van der Waals surface area contributed by atoms with Crippen molar-refractivity contribution in [1.29, 1.82) is 0 Å². The molecular formula is C9H12N6O2. The van der Waals surface area contributed by atoms with Gasteiger partial charge >= 0.3 is 5.69 Å². The summed E-state index contributed by atoms with van der Waals surface area (Å²) in [6.07, 6.45) is 2.06. The normalized spacial score (nSPS) is 10.5. The van der Waals surface area contributed by atoms with Crippen molar-refractivity contribution in [2.24, 2.45) is 7.05 Å². The zero-order valence-corrected chi connectivity index (χ0v) is 9.44. The third-order valence-corrected chi connectivity index (χ3v) is 2.28. The second kappa shape index (κ2) is 4.24. The first-order valence-corrected chi connectivity index (χ1v) is 4.98.